The van der Waals surface area contributed by atoms with Crippen LogP contribution < -0.4 is 0 Å². The second-order valence-corrected chi connectivity index (χ2v) is 2.86. The summed E-state index contributed by atoms with van der Waals surface area (Å²) in [5.41, 5.74) is 0. The Kier molecular flexibility index (Phi) is 2.01. The van der Waals surface area contributed by atoms with Gasteiger partial charge in [-0.25, -0.2) is 8.78 Å². The molecule has 9 heavy (non-hydrogen) atoms. The molecular formula is C6H5BrF2. The van der Waals surface area contributed by atoms with Gasteiger partial charge in [0.1, 0.15) is 5.83 Å². The molecule has 0 saturated carbocycles. The fraction of sp³-hybridized carbons (Fsp3) is 0.333. The highest BCUT2D eigenvalue weighted by Gasteiger charge is 2.10. The quantitative estimate of drug-likeness (QED) is 0.556. The number of hydrogen-bond donors (Lipinski definition) is 0. The molecule has 0 atom stereocenters. The monoisotopic (exact) mass is 194 g/mol. The van der Waals surface area contributed by atoms with Gasteiger partial charge in [-0.05, 0) is 17.0 Å². The normalized spacial score (nSPS) is 20.1. The van der Waals surface area contributed by atoms with Crippen molar-refractivity contribution in [3.8, 4) is 0 Å². The molecule has 0 aliphatic heterocycles. The summed E-state index contributed by atoms with van der Waals surface area (Å²) in [4.78, 5) is 0. The van der Waals surface area contributed by atoms with Gasteiger partial charge < -0.3 is 0 Å². The van der Waals surface area contributed by atoms with Crippen molar-refractivity contribution in [1.29, 1.82) is 0 Å². The van der Waals surface area contributed by atoms with Crippen molar-refractivity contribution in [2.75, 3.05) is 0 Å². The molecule has 0 amide bonds. The topological polar surface area (TPSA) is 0 Å². The van der Waals surface area contributed by atoms with Crippen LogP contribution in [0.25, 0.3) is 0 Å². The zero-order valence-electron chi connectivity index (χ0n) is 4.63. The smallest absolute Gasteiger partial charge is 0.155 e. The van der Waals surface area contributed by atoms with E-state index in [1.807, 2.05) is 0 Å². The highest BCUT2D eigenvalue weighted by Crippen LogP contribution is 2.28. The maximum absolute atomic E-state index is 12.2. The van der Waals surface area contributed by atoms with Crippen LogP contribution in [-0.4, -0.2) is 0 Å². The van der Waals surface area contributed by atoms with Gasteiger partial charge in [0, 0.05) is 6.42 Å². The second kappa shape index (κ2) is 2.60. The van der Waals surface area contributed by atoms with E-state index in [0.717, 1.165) is 4.48 Å². The van der Waals surface area contributed by atoms with E-state index < -0.39 is 11.7 Å². The van der Waals surface area contributed by atoms with Crippen molar-refractivity contribution < 1.29 is 8.78 Å². The van der Waals surface area contributed by atoms with Gasteiger partial charge in [0.2, 0.25) is 0 Å². The van der Waals surface area contributed by atoms with Crippen molar-refractivity contribution in [2.24, 2.45) is 0 Å². The lowest BCUT2D eigenvalue weighted by Crippen LogP contribution is -1.87. The Morgan fingerprint density at radius 3 is 2.44 bits per heavy atom. The van der Waals surface area contributed by atoms with Crippen LogP contribution in [0.3, 0.4) is 0 Å². The van der Waals surface area contributed by atoms with E-state index in [1.165, 1.54) is 6.08 Å². The van der Waals surface area contributed by atoms with Crippen molar-refractivity contribution in [3.63, 3.8) is 0 Å². The Bertz CT molecular complexity index is 181. The van der Waals surface area contributed by atoms with Crippen LogP contribution in [-0.2, 0) is 0 Å². The van der Waals surface area contributed by atoms with Crippen molar-refractivity contribution >= 4 is 15.9 Å². The lowest BCUT2D eigenvalue weighted by Gasteiger charge is -2.04. The van der Waals surface area contributed by atoms with Gasteiger partial charge in [0.15, 0.2) is 5.83 Å². The maximum Gasteiger partial charge on any atom is 0.155 e. The van der Waals surface area contributed by atoms with E-state index in [4.69, 9.17) is 0 Å². The minimum Gasteiger partial charge on any atom is -0.209 e. The Morgan fingerprint density at radius 1 is 1.33 bits per heavy atom. The molecule has 0 fully saturated rings. The van der Waals surface area contributed by atoms with E-state index in [1.54, 1.807) is 0 Å². The summed E-state index contributed by atoms with van der Waals surface area (Å²) in [6, 6.07) is 0. The van der Waals surface area contributed by atoms with E-state index >= 15 is 0 Å². The molecule has 0 radical (unpaired) electrons. The predicted molar refractivity (Wildman–Crippen MR) is 35.5 cm³/mol. The van der Waals surface area contributed by atoms with E-state index in [2.05, 4.69) is 15.9 Å². The first-order valence-electron chi connectivity index (χ1n) is 2.60. The molecule has 0 aromatic rings. The molecule has 0 nitrogen and oxygen atoms in total. The Hall–Kier alpha value is -0.180. The molecule has 0 N–H and O–H groups in total. The SMILES string of the molecule is FC1=C(F)CCC(Br)=C1. The summed E-state index contributed by atoms with van der Waals surface area (Å²) >= 11 is 3.08. The van der Waals surface area contributed by atoms with Crippen LogP contribution in [0.4, 0.5) is 8.78 Å². The van der Waals surface area contributed by atoms with E-state index in [9.17, 15) is 8.78 Å². The summed E-state index contributed by atoms with van der Waals surface area (Å²) < 4.78 is 25.1. The van der Waals surface area contributed by atoms with Crippen LogP contribution in [0.1, 0.15) is 12.8 Å². The van der Waals surface area contributed by atoms with Crippen molar-refractivity contribution in [2.45, 2.75) is 12.8 Å². The molecule has 0 unspecified atom stereocenters. The largest absolute Gasteiger partial charge is 0.209 e. The highest BCUT2D eigenvalue weighted by atomic mass is 79.9. The third-order valence-corrected chi connectivity index (χ3v) is 1.75. The van der Waals surface area contributed by atoms with Crippen molar-refractivity contribution in [3.05, 3.63) is 22.2 Å². The van der Waals surface area contributed by atoms with Crippen LogP contribution in [0.5, 0.6) is 0 Å². The van der Waals surface area contributed by atoms with Gasteiger partial charge in [-0.2, -0.15) is 0 Å². The van der Waals surface area contributed by atoms with Crippen molar-refractivity contribution in [1.82, 2.24) is 0 Å². The maximum atomic E-state index is 12.2. The van der Waals surface area contributed by atoms with Gasteiger partial charge >= 0.3 is 0 Å². The van der Waals surface area contributed by atoms with Gasteiger partial charge in [-0.3, -0.25) is 0 Å². The minimum atomic E-state index is -0.742. The first kappa shape index (κ1) is 6.93. The summed E-state index contributed by atoms with van der Waals surface area (Å²) in [5.74, 6) is -1.38. The first-order valence-corrected chi connectivity index (χ1v) is 3.39. The molecule has 1 aliphatic carbocycles. The molecule has 1 rings (SSSR count). The number of allylic oxidation sites excluding steroid dienone is 4. The van der Waals surface area contributed by atoms with Crippen LogP contribution in [0.15, 0.2) is 22.2 Å². The zero-order valence-corrected chi connectivity index (χ0v) is 6.21. The average molecular weight is 195 g/mol. The van der Waals surface area contributed by atoms with E-state index in [-0.39, 0.29) is 6.42 Å². The molecular weight excluding hydrogens is 190 g/mol. The second-order valence-electron chi connectivity index (χ2n) is 1.84. The predicted octanol–water partition coefficient (Wildman–Crippen LogP) is 3.21. The Labute approximate surface area is 60.4 Å². The summed E-state index contributed by atoms with van der Waals surface area (Å²) in [7, 11) is 0. The minimum absolute atomic E-state index is 0.183. The zero-order chi connectivity index (χ0) is 6.85. The highest BCUT2D eigenvalue weighted by molar-refractivity contribution is 9.11. The number of rotatable bonds is 0. The summed E-state index contributed by atoms with van der Waals surface area (Å²) in [6.07, 6.45) is 1.92. The molecule has 0 aromatic heterocycles. The van der Waals surface area contributed by atoms with Gasteiger partial charge in [-0.1, -0.05) is 15.9 Å². The molecule has 0 spiro atoms. The third-order valence-electron chi connectivity index (χ3n) is 1.13. The molecule has 50 valence electrons. The summed E-state index contributed by atoms with van der Waals surface area (Å²) in [6.45, 7) is 0. The van der Waals surface area contributed by atoms with E-state index in [0.29, 0.717) is 6.42 Å². The molecule has 0 heterocycles. The Morgan fingerprint density at radius 2 is 2.00 bits per heavy atom. The molecule has 1 aliphatic rings. The molecule has 3 heteroatoms. The van der Waals surface area contributed by atoms with Crippen LogP contribution in [0.2, 0.25) is 0 Å². The van der Waals surface area contributed by atoms with Crippen LogP contribution >= 0.6 is 15.9 Å². The average Bonchev–Trinajstić information content (AvgIpc) is 1.80. The first-order chi connectivity index (χ1) is 4.20. The number of halogens is 3. The fourth-order valence-corrected chi connectivity index (χ4v) is 1.04. The lowest BCUT2D eigenvalue weighted by atomic mass is 10.2. The van der Waals surface area contributed by atoms with Gasteiger partial charge in [0.05, 0.1) is 0 Å². The van der Waals surface area contributed by atoms with Gasteiger partial charge in [-0.15, -0.1) is 0 Å². The van der Waals surface area contributed by atoms with Gasteiger partial charge in [0.25, 0.3) is 0 Å². The fourth-order valence-electron chi connectivity index (χ4n) is 0.637. The number of hydrogen-bond acceptors (Lipinski definition) is 0. The summed E-state index contributed by atoms with van der Waals surface area (Å²) in [5, 5.41) is 0. The third kappa shape index (κ3) is 1.61. The standard InChI is InChI=1S/C6H5BrF2/c7-4-1-2-5(8)6(9)3-4/h3H,1-2H2. The molecule has 0 aromatic carbocycles. The molecule has 0 saturated heterocycles. The Balaban J connectivity index is 2.83. The molecule has 0 bridgehead atoms. The van der Waals surface area contributed by atoms with Crippen LogP contribution in [0, 0.1) is 0 Å². The lowest BCUT2D eigenvalue weighted by molar-refractivity contribution is 0.515.